The molecule has 1 aliphatic rings. The summed E-state index contributed by atoms with van der Waals surface area (Å²) in [7, 11) is 0. The molecule has 1 aliphatic carbocycles. The molecular weight excluding hydrogens is 234 g/mol. The first kappa shape index (κ1) is 10.7. The maximum absolute atomic E-state index is 11.9. The highest BCUT2D eigenvalue weighted by Crippen LogP contribution is 2.34. The highest BCUT2D eigenvalue weighted by molar-refractivity contribution is 7.09. The van der Waals surface area contributed by atoms with Crippen LogP contribution in [-0.4, -0.2) is 14.5 Å². The lowest BCUT2D eigenvalue weighted by atomic mass is 9.83. The van der Waals surface area contributed by atoms with Crippen molar-refractivity contribution in [3.8, 4) is 0 Å². The Kier molecular flexibility index (Phi) is 2.76. The van der Waals surface area contributed by atoms with Crippen molar-refractivity contribution in [3.63, 3.8) is 0 Å². The predicted octanol–water partition coefficient (Wildman–Crippen LogP) is 2.02. The number of rotatable bonds is 3. The molecule has 3 rings (SSSR count). The Hall–Kier alpha value is -1.49. The van der Waals surface area contributed by atoms with E-state index in [2.05, 4.69) is 9.97 Å². The van der Waals surface area contributed by atoms with Crippen molar-refractivity contribution < 1.29 is 0 Å². The van der Waals surface area contributed by atoms with E-state index in [9.17, 15) is 4.79 Å². The van der Waals surface area contributed by atoms with E-state index >= 15 is 0 Å². The fourth-order valence-electron chi connectivity index (χ4n) is 1.96. The van der Waals surface area contributed by atoms with E-state index < -0.39 is 0 Å². The first-order valence-electron chi connectivity index (χ1n) is 5.78. The third kappa shape index (κ3) is 2.15. The van der Waals surface area contributed by atoms with Gasteiger partial charge in [-0.1, -0.05) is 6.42 Å². The van der Waals surface area contributed by atoms with Crippen molar-refractivity contribution >= 4 is 11.3 Å². The van der Waals surface area contributed by atoms with Gasteiger partial charge in [-0.3, -0.25) is 9.36 Å². The molecule has 1 fully saturated rings. The van der Waals surface area contributed by atoms with Gasteiger partial charge in [0.25, 0.3) is 5.56 Å². The monoisotopic (exact) mass is 247 g/mol. The Labute approximate surface area is 103 Å². The fraction of sp³-hybridized carbons (Fsp3) is 0.417. The van der Waals surface area contributed by atoms with E-state index in [1.54, 1.807) is 34.5 Å². The number of nitrogens with zero attached hydrogens (tertiary/aromatic N) is 3. The lowest BCUT2D eigenvalue weighted by Crippen LogP contribution is -2.23. The molecule has 0 unspecified atom stereocenters. The van der Waals surface area contributed by atoms with Crippen molar-refractivity contribution in [3.05, 3.63) is 45.0 Å². The lowest BCUT2D eigenvalue weighted by Gasteiger charge is -2.24. The van der Waals surface area contributed by atoms with Gasteiger partial charge in [-0.2, -0.15) is 0 Å². The van der Waals surface area contributed by atoms with Crippen LogP contribution in [0.4, 0.5) is 0 Å². The van der Waals surface area contributed by atoms with Crippen LogP contribution in [0.1, 0.15) is 35.9 Å². The minimum absolute atomic E-state index is 0.0251. The summed E-state index contributed by atoms with van der Waals surface area (Å²) in [5, 5.41) is 2.85. The first-order valence-corrected chi connectivity index (χ1v) is 6.65. The summed E-state index contributed by atoms with van der Waals surface area (Å²) in [4.78, 5) is 20.5. The summed E-state index contributed by atoms with van der Waals surface area (Å²) < 4.78 is 1.61. The SMILES string of the molecule is O=c1cc(C2CCC2)ncn1Cc1nccs1. The molecule has 0 aliphatic heterocycles. The maximum atomic E-state index is 11.9. The fourth-order valence-corrected chi connectivity index (χ4v) is 2.58. The molecule has 0 atom stereocenters. The van der Waals surface area contributed by atoms with Crippen molar-refractivity contribution in [1.82, 2.24) is 14.5 Å². The average molecular weight is 247 g/mol. The van der Waals surface area contributed by atoms with Gasteiger partial charge >= 0.3 is 0 Å². The first-order chi connectivity index (χ1) is 8.33. The topological polar surface area (TPSA) is 47.8 Å². The molecule has 0 aromatic carbocycles. The zero-order chi connectivity index (χ0) is 11.7. The Balaban J connectivity index is 1.84. The number of hydrogen-bond acceptors (Lipinski definition) is 4. The number of thiazole rings is 1. The van der Waals surface area contributed by atoms with Gasteiger partial charge in [-0.15, -0.1) is 11.3 Å². The molecule has 2 heterocycles. The second-order valence-corrected chi connectivity index (χ2v) is 5.31. The summed E-state index contributed by atoms with van der Waals surface area (Å²) in [5.41, 5.74) is 0.980. The van der Waals surface area contributed by atoms with Crippen LogP contribution in [0, 0.1) is 0 Å². The standard InChI is InChI=1S/C12H13N3OS/c16-12-6-10(9-2-1-3-9)14-8-15(12)7-11-13-4-5-17-11/h4-6,8-9H,1-3,7H2. The summed E-state index contributed by atoms with van der Waals surface area (Å²) in [6, 6.07) is 1.68. The van der Waals surface area contributed by atoms with Crippen LogP contribution in [-0.2, 0) is 6.54 Å². The van der Waals surface area contributed by atoms with Crippen molar-refractivity contribution in [2.24, 2.45) is 0 Å². The second kappa shape index (κ2) is 4.41. The van der Waals surface area contributed by atoms with Crippen molar-refractivity contribution in [2.75, 3.05) is 0 Å². The normalized spacial score (nSPS) is 15.8. The smallest absolute Gasteiger partial charge is 0.253 e. The summed E-state index contributed by atoms with van der Waals surface area (Å²) in [6.07, 6.45) is 7.00. The number of aromatic nitrogens is 3. The molecule has 2 aromatic rings. The van der Waals surface area contributed by atoms with Crippen molar-refractivity contribution in [1.29, 1.82) is 0 Å². The molecule has 88 valence electrons. The Bertz CT molecular complexity index is 557. The summed E-state index contributed by atoms with van der Waals surface area (Å²) >= 11 is 1.55. The van der Waals surface area contributed by atoms with E-state index in [0.29, 0.717) is 12.5 Å². The molecule has 17 heavy (non-hydrogen) atoms. The van der Waals surface area contributed by atoms with Crippen LogP contribution in [0.25, 0.3) is 0 Å². The Morgan fingerprint density at radius 2 is 2.29 bits per heavy atom. The van der Waals surface area contributed by atoms with Gasteiger partial charge in [-0.05, 0) is 12.8 Å². The van der Waals surface area contributed by atoms with Crippen molar-refractivity contribution in [2.45, 2.75) is 31.7 Å². The van der Waals surface area contributed by atoms with Gasteiger partial charge in [0.05, 0.1) is 18.6 Å². The van der Waals surface area contributed by atoms with E-state index in [-0.39, 0.29) is 5.56 Å². The predicted molar refractivity (Wildman–Crippen MR) is 66.3 cm³/mol. The van der Waals surface area contributed by atoms with Crippen LogP contribution in [0.3, 0.4) is 0 Å². The van der Waals surface area contributed by atoms with Gasteiger partial charge in [0.2, 0.25) is 0 Å². The van der Waals surface area contributed by atoms with Gasteiger partial charge in [0, 0.05) is 23.6 Å². The Morgan fingerprint density at radius 3 is 2.88 bits per heavy atom. The minimum Gasteiger partial charge on any atom is -0.292 e. The van der Waals surface area contributed by atoms with E-state index in [0.717, 1.165) is 10.7 Å². The van der Waals surface area contributed by atoms with E-state index in [4.69, 9.17) is 0 Å². The van der Waals surface area contributed by atoms with E-state index in [1.165, 1.54) is 19.3 Å². The second-order valence-electron chi connectivity index (χ2n) is 4.33. The zero-order valence-electron chi connectivity index (χ0n) is 9.37. The molecule has 5 heteroatoms. The molecule has 2 aromatic heterocycles. The van der Waals surface area contributed by atoms with Crippen LogP contribution < -0.4 is 5.56 Å². The van der Waals surface area contributed by atoms with Crippen LogP contribution in [0.2, 0.25) is 0 Å². The molecular formula is C12H13N3OS. The van der Waals surface area contributed by atoms with Gasteiger partial charge < -0.3 is 0 Å². The third-order valence-corrected chi connectivity index (χ3v) is 3.98. The van der Waals surface area contributed by atoms with Gasteiger partial charge in [0.15, 0.2) is 0 Å². The highest BCUT2D eigenvalue weighted by atomic mass is 32.1. The van der Waals surface area contributed by atoms with Gasteiger partial charge in [-0.25, -0.2) is 9.97 Å². The molecule has 0 bridgehead atoms. The highest BCUT2D eigenvalue weighted by Gasteiger charge is 2.21. The molecule has 0 saturated heterocycles. The van der Waals surface area contributed by atoms with Crippen LogP contribution in [0.15, 0.2) is 28.8 Å². The molecule has 0 radical (unpaired) electrons. The molecule has 1 saturated carbocycles. The molecule has 0 N–H and O–H groups in total. The Morgan fingerprint density at radius 1 is 1.41 bits per heavy atom. The molecule has 0 amide bonds. The van der Waals surface area contributed by atoms with Crippen LogP contribution >= 0.6 is 11.3 Å². The van der Waals surface area contributed by atoms with Crippen LogP contribution in [0.5, 0.6) is 0 Å². The minimum atomic E-state index is 0.0251. The number of hydrogen-bond donors (Lipinski definition) is 0. The van der Waals surface area contributed by atoms with Gasteiger partial charge in [0.1, 0.15) is 5.01 Å². The molecule has 0 spiro atoms. The quantitative estimate of drug-likeness (QED) is 0.833. The summed E-state index contributed by atoms with van der Waals surface area (Å²) in [6.45, 7) is 0.522. The summed E-state index contributed by atoms with van der Waals surface area (Å²) in [5.74, 6) is 0.511. The largest absolute Gasteiger partial charge is 0.292 e. The molecule has 4 nitrogen and oxygen atoms in total. The third-order valence-electron chi connectivity index (χ3n) is 3.21. The van der Waals surface area contributed by atoms with E-state index in [1.807, 2.05) is 5.38 Å². The maximum Gasteiger partial charge on any atom is 0.253 e. The zero-order valence-corrected chi connectivity index (χ0v) is 10.2. The average Bonchev–Trinajstić information content (AvgIpc) is 2.72. The lowest BCUT2D eigenvalue weighted by molar-refractivity contribution is 0.409.